The van der Waals surface area contributed by atoms with E-state index in [1.54, 1.807) is 0 Å². The van der Waals surface area contributed by atoms with E-state index in [0.29, 0.717) is 0 Å². The molecule has 2 rings (SSSR count). The van der Waals surface area contributed by atoms with Crippen LogP contribution in [0.15, 0.2) is 0 Å². The Morgan fingerprint density at radius 1 is 0.944 bits per heavy atom. The molecule has 2 nitrogen and oxygen atoms in total. The minimum atomic E-state index is 0.765. The minimum absolute atomic E-state index is 0.765. The Bertz CT molecular complexity index is 187. The maximum absolute atomic E-state index is 5.47. The van der Waals surface area contributed by atoms with E-state index >= 15 is 0 Å². The zero-order valence-corrected chi connectivity index (χ0v) is 12.1. The average Bonchev–Trinajstić information content (AvgIpc) is 2.41. The van der Waals surface area contributed by atoms with Crippen molar-refractivity contribution in [2.45, 2.75) is 70.8 Å². The maximum Gasteiger partial charge on any atom is 0.0468 e. The van der Waals surface area contributed by atoms with Crippen LogP contribution in [-0.2, 0) is 4.74 Å². The van der Waals surface area contributed by atoms with Gasteiger partial charge in [0, 0.05) is 19.3 Å². The summed E-state index contributed by atoms with van der Waals surface area (Å²) in [5, 5.41) is 3.74. The van der Waals surface area contributed by atoms with E-state index in [1.165, 1.54) is 57.8 Å². The molecule has 1 N–H and O–H groups in total. The molecule has 0 spiro atoms. The molecule has 2 heteroatoms. The first kappa shape index (κ1) is 14.3. The number of ether oxygens (including phenoxy) is 1. The molecule has 0 amide bonds. The highest BCUT2D eigenvalue weighted by atomic mass is 16.5. The average molecular weight is 253 g/mol. The zero-order chi connectivity index (χ0) is 12.6. The van der Waals surface area contributed by atoms with Crippen LogP contribution in [0.4, 0.5) is 0 Å². The lowest BCUT2D eigenvalue weighted by atomic mass is 9.82. The van der Waals surface area contributed by atoms with Gasteiger partial charge >= 0.3 is 0 Å². The van der Waals surface area contributed by atoms with E-state index < -0.39 is 0 Å². The van der Waals surface area contributed by atoms with E-state index in [4.69, 9.17) is 4.74 Å². The number of nitrogens with one attached hydrogen (secondary N) is 1. The van der Waals surface area contributed by atoms with Gasteiger partial charge in [0.25, 0.3) is 0 Å². The predicted octanol–water partition coefficient (Wildman–Crippen LogP) is 3.75. The van der Waals surface area contributed by atoms with Gasteiger partial charge < -0.3 is 10.1 Å². The van der Waals surface area contributed by atoms with Crippen molar-refractivity contribution in [1.29, 1.82) is 0 Å². The number of hydrogen-bond acceptors (Lipinski definition) is 2. The van der Waals surface area contributed by atoms with Crippen molar-refractivity contribution in [3.05, 3.63) is 0 Å². The molecule has 18 heavy (non-hydrogen) atoms. The first-order chi connectivity index (χ1) is 8.88. The summed E-state index contributed by atoms with van der Waals surface area (Å²) in [7, 11) is 0. The van der Waals surface area contributed by atoms with Gasteiger partial charge in [-0.2, -0.15) is 0 Å². The van der Waals surface area contributed by atoms with Crippen molar-refractivity contribution in [2.24, 2.45) is 11.8 Å². The fourth-order valence-corrected chi connectivity index (χ4v) is 3.76. The van der Waals surface area contributed by atoms with E-state index in [1.807, 2.05) is 0 Å². The van der Waals surface area contributed by atoms with Gasteiger partial charge in [0.15, 0.2) is 0 Å². The highest BCUT2D eigenvalue weighted by Crippen LogP contribution is 2.30. The largest absolute Gasteiger partial charge is 0.381 e. The highest BCUT2D eigenvalue weighted by molar-refractivity contribution is 4.78. The molecule has 1 unspecified atom stereocenters. The molecule has 0 aromatic heterocycles. The fourth-order valence-electron chi connectivity index (χ4n) is 3.76. The number of hydrogen-bond donors (Lipinski definition) is 1. The third-order valence-electron chi connectivity index (χ3n) is 4.79. The summed E-state index contributed by atoms with van der Waals surface area (Å²) in [5.74, 6) is 1.91. The first-order valence-corrected chi connectivity index (χ1v) is 8.19. The zero-order valence-electron chi connectivity index (χ0n) is 12.1. The summed E-state index contributed by atoms with van der Waals surface area (Å²) in [4.78, 5) is 0. The summed E-state index contributed by atoms with van der Waals surface area (Å²) in [6.45, 7) is 5.36. The van der Waals surface area contributed by atoms with E-state index in [0.717, 1.165) is 37.6 Å². The summed E-state index contributed by atoms with van der Waals surface area (Å²) < 4.78 is 5.47. The van der Waals surface area contributed by atoms with Crippen molar-refractivity contribution < 1.29 is 4.74 Å². The molecule has 106 valence electrons. The third-order valence-corrected chi connectivity index (χ3v) is 4.79. The van der Waals surface area contributed by atoms with Crippen LogP contribution < -0.4 is 5.32 Å². The molecule has 1 heterocycles. The monoisotopic (exact) mass is 253 g/mol. The Morgan fingerprint density at radius 3 is 2.17 bits per heavy atom. The second kappa shape index (κ2) is 8.16. The van der Waals surface area contributed by atoms with Crippen LogP contribution in [0.1, 0.15) is 64.7 Å². The smallest absolute Gasteiger partial charge is 0.0468 e. The second-order valence-electron chi connectivity index (χ2n) is 6.29. The predicted molar refractivity (Wildman–Crippen MR) is 76.8 cm³/mol. The molecule has 0 aromatic rings. The molecule has 2 aliphatic rings. The topological polar surface area (TPSA) is 21.3 Å². The molecule has 0 radical (unpaired) electrons. The van der Waals surface area contributed by atoms with Crippen LogP contribution in [0, 0.1) is 11.8 Å². The van der Waals surface area contributed by atoms with E-state index in [2.05, 4.69) is 12.2 Å². The standard InChI is InChI=1S/C16H31NO/c1-2-17-16(12-14-6-4-3-5-7-14)13-15-8-10-18-11-9-15/h14-17H,2-13H2,1H3. The molecule has 1 aliphatic heterocycles. The van der Waals surface area contributed by atoms with Crippen molar-refractivity contribution in [1.82, 2.24) is 5.32 Å². The highest BCUT2D eigenvalue weighted by Gasteiger charge is 2.22. The van der Waals surface area contributed by atoms with Crippen molar-refractivity contribution >= 4 is 0 Å². The molecule has 1 saturated heterocycles. The Morgan fingerprint density at radius 2 is 1.56 bits per heavy atom. The molecule has 0 bridgehead atoms. The minimum Gasteiger partial charge on any atom is -0.381 e. The van der Waals surface area contributed by atoms with Gasteiger partial charge in [-0.3, -0.25) is 0 Å². The van der Waals surface area contributed by atoms with Gasteiger partial charge in [-0.25, -0.2) is 0 Å². The molecular formula is C16H31NO. The van der Waals surface area contributed by atoms with Crippen LogP contribution in [0.3, 0.4) is 0 Å². The fraction of sp³-hybridized carbons (Fsp3) is 1.00. The van der Waals surface area contributed by atoms with Crippen molar-refractivity contribution in [2.75, 3.05) is 19.8 Å². The summed E-state index contributed by atoms with van der Waals surface area (Å²) in [5.41, 5.74) is 0. The summed E-state index contributed by atoms with van der Waals surface area (Å²) in [6.07, 6.45) is 12.8. The van der Waals surface area contributed by atoms with Crippen LogP contribution >= 0.6 is 0 Å². The van der Waals surface area contributed by atoms with Gasteiger partial charge in [-0.05, 0) is 44.1 Å². The maximum atomic E-state index is 5.47. The Hall–Kier alpha value is -0.0800. The molecule has 2 fully saturated rings. The lowest BCUT2D eigenvalue weighted by Crippen LogP contribution is -2.34. The lowest BCUT2D eigenvalue weighted by Gasteiger charge is -2.31. The third kappa shape index (κ3) is 4.89. The SMILES string of the molecule is CCNC(CC1CCCCC1)CC1CCOCC1. The van der Waals surface area contributed by atoms with Gasteiger partial charge in [-0.1, -0.05) is 39.0 Å². The molecule has 0 aromatic carbocycles. The lowest BCUT2D eigenvalue weighted by molar-refractivity contribution is 0.0592. The van der Waals surface area contributed by atoms with Crippen LogP contribution in [0.5, 0.6) is 0 Å². The molecule has 1 atom stereocenters. The summed E-state index contributed by atoms with van der Waals surface area (Å²) >= 11 is 0. The van der Waals surface area contributed by atoms with Gasteiger partial charge in [0.2, 0.25) is 0 Å². The van der Waals surface area contributed by atoms with Gasteiger partial charge in [-0.15, -0.1) is 0 Å². The van der Waals surface area contributed by atoms with Crippen molar-refractivity contribution in [3.63, 3.8) is 0 Å². The second-order valence-corrected chi connectivity index (χ2v) is 6.29. The molecule has 1 aliphatic carbocycles. The molecule has 1 saturated carbocycles. The quantitative estimate of drug-likeness (QED) is 0.778. The summed E-state index contributed by atoms with van der Waals surface area (Å²) in [6, 6.07) is 0.765. The van der Waals surface area contributed by atoms with Crippen molar-refractivity contribution in [3.8, 4) is 0 Å². The van der Waals surface area contributed by atoms with E-state index in [9.17, 15) is 0 Å². The first-order valence-electron chi connectivity index (χ1n) is 8.19. The van der Waals surface area contributed by atoms with Crippen LogP contribution in [0.25, 0.3) is 0 Å². The Kier molecular flexibility index (Phi) is 6.50. The normalized spacial score (nSPS) is 25.2. The van der Waals surface area contributed by atoms with Gasteiger partial charge in [0.05, 0.1) is 0 Å². The van der Waals surface area contributed by atoms with E-state index in [-0.39, 0.29) is 0 Å². The Balaban J connectivity index is 1.74. The number of rotatable bonds is 6. The van der Waals surface area contributed by atoms with Crippen LogP contribution in [0.2, 0.25) is 0 Å². The van der Waals surface area contributed by atoms with Crippen LogP contribution in [-0.4, -0.2) is 25.8 Å². The molecular weight excluding hydrogens is 222 g/mol. The Labute approximate surface area is 113 Å². The van der Waals surface area contributed by atoms with Gasteiger partial charge in [0.1, 0.15) is 0 Å².